The molecule has 21 heavy (non-hydrogen) atoms. The Bertz CT molecular complexity index is 761. The Balaban J connectivity index is 1.99. The van der Waals surface area contributed by atoms with Gasteiger partial charge in [0.1, 0.15) is 5.70 Å². The van der Waals surface area contributed by atoms with E-state index in [0.717, 1.165) is 21.7 Å². The number of amides is 1. The largest absolute Gasteiger partial charge is 0.327 e. The lowest BCUT2D eigenvalue weighted by Crippen LogP contribution is -2.30. The molecule has 0 atom stereocenters. The normalized spacial score (nSPS) is 16.7. The number of carbonyl (C=O) groups excluding carboxylic acids is 1. The van der Waals surface area contributed by atoms with Gasteiger partial charge < -0.3 is 5.32 Å². The average Bonchev–Trinajstić information content (AvgIpc) is 2.97. The predicted octanol–water partition coefficient (Wildman–Crippen LogP) is 3.63. The van der Waals surface area contributed by atoms with Crippen LogP contribution in [-0.2, 0) is 4.79 Å². The average molecular weight is 314 g/mol. The highest BCUT2D eigenvalue weighted by atomic mass is 32.1. The molecule has 1 N–H and O–H groups in total. The Morgan fingerprint density at radius 3 is 2.62 bits per heavy atom. The molecule has 0 bridgehead atoms. The van der Waals surface area contributed by atoms with Crippen LogP contribution >= 0.6 is 23.6 Å². The maximum Gasteiger partial charge on any atom is 0.281 e. The number of carbonyl (C=O) groups is 1. The van der Waals surface area contributed by atoms with Gasteiger partial charge in [0.15, 0.2) is 5.11 Å². The standard InChI is InChI=1S/C16H14N2OS2/c1-10-5-3-4-6-13(10)18-15(19)12(17-16(18)20)9-14-11(2)7-8-21-14/h3-9H,1-2H3,(H,17,20)/b12-9+. The molecule has 2 heterocycles. The molecule has 5 heteroatoms. The van der Waals surface area contributed by atoms with Crippen LogP contribution in [0.1, 0.15) is 16.0 Å². The third-order valence-electron chi connectivity index (χ3n) is 3.41. The molecule has 0 unspecified atom stereocenters. The zero-order chi connectivity index (χ0) is 15.0. The highest BCUT2D eigenvalue weighted by molar-refractivity contribution is 7.80. The van der Waals surface area contributed by atoms with E-state index in [2.05, 4.69) is 5.32 Å². The zero-order valence-corrected chi connectivity index (χ0v) is 13.3. The molecule has 0 aliphatic carbocycles. The number of para-hydroxylation sites is 1. The summed E-state index contributed by atoms with van der Waals surface area (Å²) < 4.78 is 0. The van der Waals surface area contributed by atoms with Crippen molar-refractivity contribution in [2.75, 3.05) is 4.90 Å². The van der Waals surface area contributed by atoms with Crippen molar-refractivity contribution in [3.63, 3.8) is 0 Å². The van der Waals surface area contributed by atoms with Gasteiger partial charge in [-0.05, 0) is 60.8 Å². The van der Waals surface area contributed by atoms with Crippen LogP contribution in [0, 0.1) is 13.8 Å². The van der Waals surface area contributed by atoms with Crippen LogP contribution in [-0.4, -0.2) is 11.0 Å². The highest BCUT2D eigenvalue weighted by Gasteiger charge is 2.32. The summed E-state index contributed by atoms with van der Waals surface area (Å²) in [6, 6.07) is 9.76. The predicted molar refractivity (Wildman–Crippen MR) is 91.4 cm³/mol. The molecular formula is C16H14N2OS2. The maximum absolute atomic E-state index is 12.6. The number of hydrogen-bond donors (Lipinski definition) is 1. The van der Waals surface area contributed by atoms with Gasteiger partial charge in [-0.3, -0.25) is 9.69 Å². The first-order chi connectivity index (χ1) is 10.1. The van der Waals surface area contributed by atoms with Crippen molar-refractivity contribution in [2.45, 2.75) is 13.8 Å². The van der Waals surface area contributed by atoms with Crippen molar-refractivity contribution >= 4 is 46.3 Å². The summed E-state index contributed by atoms with van der Waals surface area (Å²) in [4.78, 5) is 15.2. The van der Waals surface area contributed by atoms with E-state index < -0.39 is 0 Å². The summed E-state index contributed by atoms with van der Waals surface area (Å²) in [6.07, 6.45) is 1.87. The fourth-order valence-electron chi connectivity index (χ4n) is 2.23. The first-order valence-corrected chi connectivity index (χ1v) is 7.83. The van der Waals surface area contributed by atoms with Gasteiger partial charge in [-0.15, -0.1) is 11.3 Å². The Morgan fingerprint density at radius 2 is 1.95 bits per heavy atom. The van der Waals surface area contributed by atoms with E-state index in [1.165, 1.54) is 0 Å². The first kappa shape index (κ1) is 14.0. The van der Waals surface area contributed by atoms with E-state index in [1.54, 1.807) is 16.2 Å². The van der Waals surface area contributed by atoms with Crippen LogP contribution in [0.4, 0.5) is 5.69 Å². The summed E-state index contributed by atoms with van der Waals surface area (Å²) in [6.45, 7) is 4.00. The molecule has 1 fully saturated rings. The monoisotopic (exact) mass is 314 g/mol. The summed E-state index contributed by atoms with van der Waals surface area (Å²) in [7, 11) is 0. The summed E-state index contributed by atoms with van der Waals surface area (Å²) in [5, 5.41) is 5.46. The lowest BCUT2D eigenvalue weighted by atomic mass is 10.2. The van der Waals surface area contributed by atoms with Crippen molar-refractivity contribution in [3.8, 4) is 0 Å². The molecule has 3 rings (SSSR count). The van der Waals surface area contributed by atoms with E-state index in [9.17, 15) is 4.79 Å². The van der Waals surface area contributed by atoms with Gasteiger partial charge in [-0.1, -0.05) is 18.2 Å². The molecule has 2 aromatic rings. The van der Waals surface area contributed by atoms with Crippen molar-refractivity contribution < 1.29 is 4.79 Å². The summed E-state index contributed by atoms with van der Waals surface area (Å²) in [5.74, 6) is -0.109. The van der Waals surface area contributed by atoms with Gasteiger partial charge in [0.05, 0.1) is 5.69 Å². The molecule has 1 aromatic heterocycles. The molecule has 106 valence electrons. The lowest BCUT2D eigenvalue weighted by Gasteiger charge is -2.16. The number of nitrogens with zero attached hydrogens (tertiary/aromatic N) is 1. The first-order valence-electron chi connectivity index (χ1n) is 6.55. The third kappa shape index (κ3) is 2.50. The zero-order valence-electron chi connectivity index (χ0n) is 11.7. The van der Waals surface area contributed by atoms with Gasteiger partial charge in [0, 0.05) is 4.88 Å². The molecule has 1 amide bonds. The van der Waals surface area contributed by atoms with Crippen molar-refractivity contribution in [2.24, 2.45) is 0 Å². The van der Waals surface area contributed by atoms with Crippen molar-refractivity contribution in [1.82, 2.24) is 5.32 Å². The SMILES string of the molecule is Cc1ccccc1N1C(=O)/C(=C\c2sccc2C)NC1=S. The lowest BCUT2D eigenvalue weighted by molar-refractivity contribution is -0.113. The van der Waals surface area contributed by atoms with Gasteiger partial charge in [-0.25, -0.2) is 0 Å². The van der Waals surface area contributed by atoms with Crippen LogP contribution in [0.15, 0.2) is 41.4 Å². The van der Waals surface area contributed by atoms with Crippen LogP contribution in [0.3, 0.4) is 0 Å². The van der Waals surface area contributed by atoms with E-state index in [1.807, 2.05) is 55.6 Å². The number of rotatable bonds is 2. The molecule has 1 aromatic carbocycles. The van der Waals surface area contributed by atoms with Gasteiger partial charge in [0.25, 0.3) is 5.91 Å². The Hall–Kier alpha value is -1.98. The molecule has 1 aliphatic heterocycles. The van der Waals surface area contributed by atoms with Crippen LogP contribution < -0.4 is 10.2 Å². The second kappa shape index (κ2) is 5.42. The molecule has 0 saturated carbocycles. The molecule has 0 spiro atoms. The number of benzene rings is 1. The topological polar surface area (TPSA) is 32.3 Å². The molecule has 0 radical (unpaired) electrons. The second-order valence-corrected chi connectivity index (χ2v) is 6.22. The molecular weight excluding hydrogens is 300 g/mol. The fraction of sp³-hybridized carbons (Fsp3) is 0.125. The Kier molecular flexibility index (Phi) is 3.61. The van der Waals surface area contributed by atoms with Crippen molar-refractivity contribution in [3.05, 3.63) is 57.4 Å². The van der Waals surface area contributed by atoms with Crippen molar-refractivity contribution in [1.29, 1.82) is 0 Å². The Morgan fingerprint density at radius 1 is 1.19 bits per heavy atom. The summed E-state index contributed by atoms with van der Waals surface area (Å²) >= 11 is 6.93. The second-order valence-electron chi connectivity index (χ2n) is 4.88. The van der Waals surface area contributed by atoms with E-state index in [-0.39, 0.29) is 5.91 Å². The number of nitrogens with one attached hydrogen (secondary N) is 1. The number of hydrogen-bond acceptors (Lipinski definition) is 3. The minimum absolute atomic E-state index is 0.109. The fourth-order valence-corrected chi connectivity index (χ4v) is 3.38. The smallest absolute Gasteiger partial charge is 0.281 e. The van der Waals surface area contributed by atoms with E-state index >= 15 is 0 Å². The quantitative estimate of drug-likeness (QED) is 0.678. The van der Waals surface area contributed by atoms with Crippen LogP contribution in [0.2, 0.25) is 0 Å². The molecule has 1 aliphatic rings. The van der Waals surface area contributed by atoms with Gasteiger partial charge in [-0.2, -0.15) is 0 Å². The number of aryl methyl sites for hydroxylation is 2. The minimum Gasteiger partial charge on any atom is -0.327 e. The minimum atomic E-state index is -0.109. The van der Waals surface area contributed by atoms with Crippen LogP contribution in [0.5, 0.6) is 0 Å². The number of thiocarbonyl (C=S) groups is 1. The maximum atomic E-state index is 12.6. The van der Waals surface area contributed by atoms with Gasteiger partial charge >= 0.3 is 0 Å². The third-order valence-corrected chi connectivity index (χ3v) is 4.66. The van der Waals surface area contributed by atoms with E-state index in [0.29, 0.717) is 10.8 Å². The summed E-state index contributed by atoms with van der Waals surface area (Å²) in [5.41, 5.74) is 3.52. The Labute approximate surface area is 132 Å². The molecule has 3 nitrogen and oxygen atoms in total. The van der Waals surface area contributed by atoms with Gasteiger partial charge in [0.2, 0.25) is 0 Å². The number of thiophene rings is 1. The molecule has 1 saturated heterocycles. The van der Waals surface area contributed by atoms with E-state index in [4.69, 9.17) is 12.2 Å². The highest BCUT2D eigenvalue weighted by Crippen LogP contribution is 2.27. The van der Waals surface area contributed by atoms with Crippen LogP contribution in [0.25, 0.3) is 6.08 Å². The number of anilines is 1.